The standard InChI is InChI=1S/C18H29BFNO4/c1-15(2,3)23-14(22)21-10-12(18(11-21)8-9-18)13(20)19-24-16(4,5)17(6,7)25-19/h8-11H2,1-7H3. The van der Waals surface area contributed by atoms with Crippen LogP contribution in [0.2, 0.25) is 0 Å². The molecule has 0 bridgehead atoms. The second kappa shape index (κ2) is 5.46. The number of carbonyl (C=O) groups is 1. The van der Waals surface area contributed by atoms with E-state index in [2.05, 4.69) is 0 Å². The van der Waals surface area contributed by atoms with Crippen molar-refractivity contribution in [2.24, 2.45) is 5.41 Å². The van der Waals surface area contributed by atoms with E-state index in [4.69, 9.17) is 14.0 Å². The van der Waals surface area contributed by atoms with Gasteiger partial charge in [0.1, 0.15) is 11.3 Å². The summed E-state index contributed by atoms with van der Waals surface area (Å²) >= 11 is 0. The summed E-state index contributed by atoms with van der Waals surface area (Å²) in [5.74, 6) is 0. The lowest BCUT2D eigenvalue weighted by Gasteiger charge is -2.32. The maximum atomic E-state index is 15.3. The number of hydrogen-bond acceptors (Lipinski definition) is 4. The van der Waals surface area contributed by atoms with Crippen molar-refractivity contribution in [2.75, 3.05) is 13.1 Å². The topological polar surface area (TPSA) is 48.0 Å². The number of hydrogen-bond donors (Lipinski definition) is 0. The highest BCUT2D eigenvalue weighted by Crippen LogP contribution is 2.58. The molecule has 0 radical (unpaired) electrons. The smallest absolute Gasteiger partial charge is 0.444 e. The number of nitrogens with zero attached hydrogens (tertiary/aromatic N) is 1. The van der Waals surface area contributed by atoms with Crippen LogP contribution in [-0.4, -0.2) is 48.0 Å². The first-order valence-electron chi connectivity index (χ1n) is 8.99. The van der Waals surface area contributed by atoms with Gasteiger partial charge in [0, 0.05) is 18.5 Å². The molecule has 3 fully saturated rings. The molecular formula is C18H29BFNO4. The van der Waals surface area contributed by atoms with Gasteiger partial charge in [0.2, 0.25) is 0 Å². The first-order chi connectivity index (χ1) is 11.3. The van der Waals surface area contributed by atoms with Gasteiger partial charge in [-0.1, -0.05) is 0 Å². The van der Waals surface area contributed by atoms with E-state index < -0.39 is 30.0 Å². The summed E-state index contributed by atoms with van der Waals surface area (Å²) in [7, 11) is -1.00. The van der Waals surface area contributed by atoms with Crippen LogP contribution < -0.4 is 0 Å². The molecule has 7 heteroatoms. The second-order valence-electron chi connectivity index (χ2n) is 9.53. The molecule has 5 nitrogen and oxygen atoms in total. The highest BCUT2D eigenvalue weighted by Gasteiger charge is 2.59. The van der Waals surface area contributed by atoms with E-state index >= 15 is 4.39 Å². The average molecular weight is 353 g/mol. The Kier molecular flexibility index (Phi) is 4.09. The van der Waals surface area contributed by atoms with Crippen LogP contribution in [0.1, 0.15) is 61.3 Å². The lowest BCUT2D eigenvalue weighted by molar-refractivity contribution is 0.00578. The van der Waals surface area contributed by atoms with E-state index in [0.29, 0.717) is 12.1 Å². The molecule has 3 aliphatic rings. The Labute approximate surface area is 150 Å². The van der Waals surface area contributed by atoms with Crippen molar-refractivity contribution in [1.29, 1.82) is 0 Å². The van der Waals surface area contributed by atoms with Crippen LogP contribution in [0.25, 0.3) is 0 Å². The predicted octanol–water partition coefficient (Wildman–Crippen LogP) is 3.87. The maximum absolute atomic E-state index is 15.3. The van der Waals surface area contributed by atoms with Crippen LogP contribution in [0.4, 0.5) is 9.18 Å². The third-order valence-electron chi connectivity index (χ3n) is 5.74. The van der Waals surface area contributed by atoms with E-state index in [9.17, 15) is 4.79 Å². The lowest BCUT2D eigenvalue weighted by atomic mass is 9.81. The zero-order valence-electron chi connectivity index (χ0n) is 16.4. The van der Waals surface area contributed by atoms with Gasteiger partial charge in [-0.3, -0.25) is 0 Å². The van der Waals surface area contributed by atoms with Crippen molar-refractivity contribution in [3.63, 3.8) is 0 Å². The summed E-state index contributed by atoms with van der Waals surface area (Å²) in [5, 5.41) is 0. The minimum atomic E-state index is -1.00. The van der Waals surface area contributed by atoms with Crippen LogP contribution >= 0.6 is 0 Å². The summed E-state index contributed by atoms with van der Waals surface area (Å²) in [4.78, 5) is 14.0. The number of ether oxygens (including phenoxy) is 1. The Bertz CT molecular complexity index is 603. The fraction of sp³-hybridized carbons (Fsp3) is 0.833. The van der Waals surface area contributed by atoms with Gasteiger partial charge in [0.15, 0.2) is 0 Å². The Morgan fingerprint density at radius 1 is 1.16 bits per heavy atom. The van der Waals surface area contributed by atoms with Crippen molar-refractivity contribution >= 4 is 13.2 Å². The van der Waals surface area contributed by atoms with Gasteiger partial charge in [0.25, 0.3) is 0 Å². The highest BCUT2D eigenvalue weighted by molar-refractivity contribution is 6.54. The van der Waals surface area contributed by atoms with E-state index in [1.165, 1.54) is 0 Å². The third-order valence-corrected chi connectivity index (χ3v) is 5.74. The Morgan fingerprint density at radius 3 is 2.12 bits per heavy atom. The molecule has 0 N–H and O–H groups in total. The van der Waals surface area contributed by atoms with Crippen molar-refractivity contribution in [3.05, 3.63) is 11.3 Å². The molecule has 0 aromatic heterocycles. The van der Waals surface area contributed by atoms with Crippen molar-refractivity contribution in [2.45, 2.75) is 78.1 Å². The van der Waals surface area contributed by atoms with E-state index in [1.807, 2.05) is 48.5 Å². The SMILES string of the molecule is CC(C)(C)OC(=O)N1CC(=C(F)B2OC(C)(C)C(C)(C)O2)C2(CC2)C1. The molecule has 25 heavy (non-hydrogen) atoms. The zero-order valence-corrected chi connectivity index (χ0v) is 16.4. The Balaban J connectivity index is 1.80. The molecule has 3 rings (SSSR count). The van der Waals surface area contributed by atoms with Crippen molar-refractivity contribution in [3.8, 4) is 0 Å². The van der Waals surface area contributed by atoms with Gasteiger partial charge in [-0.05, 0) is 66.9 Å². The fourth-order valence-electron chi connectivity index (χ4n) is 3.36. The Morgan fingerprint density at radius 2 is 1.68 bits per heavy atom. The molecule has 2 heterocycles. The van der Waals surface area contributed by atoms with Crippen LogP contribution in [-0.2, 0) is 14.0 Å². The monoisotopic (exact) mass is 353 g/mol. The molecule has 0 unspecified atom stereocenters. The van der Waals surface area contributed by atoms with Crippen LogP contribution in [0, 0.1) is 5.41 Å². The summed E-state index contributed by atoms with van der Waals surface area (Å²) in [5.41, 5.74) is -1.74. The van der Waals surface area contributed by atoms with Crippen molar-refractivity contribution < 1.29 is 23.2 Å². The summed E-state index contributed by atoms with van der Waals surface area (Å²) in [6.45, 7) is 13.8. The number of halogens is 1. The summed E-state index contributed by atoms with van der Waals surface area (Å²) in [6, 6.07) is 0. The molecule has 1 saturated carbocycles. The minimum Gasteiger partial charge on any atom is -0.444 e. The molecular weight excluding hydrogens is 324 g/mol. The number of carbonyl (C=O) groups excluding carboxylic acids is 1. The van der Waals surface area contributed by atoms with Gasteiger partial charge >= 0.3 is 13.2 Å². The molecule has 2 saturated heterocycles. The molecule has 0 aromatic carbocycles. The number of likely N-dealkylation sites (tertiary alicyclic amines) is 1. The van der Waals surface area contributed by atoms with Gasteiger partial charge in [-0.2, -0.15) is 0 Å². The number of amides is 1. The normalized spacial score (nSPS) is 28.5. The van der Waals surface area contributed by atoms with Gasteiger partial charge in [-0.25, -0.2) is 9.18 Å². The molecule has 1 amide bonds. The van der Waals surface area contributed by atoms with Gasteiger partial charge in [-0.15, -0.1) is 0 Å². The minimum absolute atomic E-state index is 0.241. The van der Waals surface area contributed by atoms with E-state index in [-0.39, 0.29) is 17.7 Å². The Hall–Kier alpha value is -1.08. The second-order valence-corrected chi connectivity index (χ2v) is 9.53. The van der Waals surface area contributed by atoms with Crippen LogP contribution in [0.15, 0.2) is 11.3 Å². The summed E-state index contributed by atoms with van der Waals surface area (Å²) < 4.78 is 32.4. The first kappa shape index (κ1) is 18.7. The fourth-order valence-corrected chi connectivity index (χ4v) is 3.36. The highest BCUT2D eigenvalue weighted by atomic mass is 19.1. The quantitative estimate of drug-likeness (QED) is 0.672. The predicted molar refractivity (Wildman–Crippen MR) is 93.7 cm³/mol. The molecule has 0 atom stereocenters. The molecule has 0 aromatic rings. The molecule has 140 valence electrons. The van der Waals surface area contributed by atoms with Gasteiger partial charge in [0.05, 0.1) is 11.2 Å². The lowest BCUT2D eigenvalue weighted by Crippen LogP contribution is -2.41. The third kappa shape index (κ3) is 3.33. The van der Waals surface area contributed by atoms with Crippen molar-refractivity contribution in [1.82, 2.24) is 4.90 Å². The van der Waals surface area contributed by atoms with E-state index in [1.54, 1.807) is 4.90 Å². The zero-order chi connectivity index (χ0) is 18.8. The molecule has 1 aliphatic carbocycles. The molecule has 1 spiro atoms. The summed E-state index contributed by atoms with van der Waals surface area (Å²) in [6.07, 6.45) is 1.37. The first-order valence-corrected chi connectivity index (χ1v) is 8.99. The molecule has 2 aliphatic heterocycles. The largest absolute Gasteiger partial charge is 0.525 e. The van der Waals surface area contributed by atoms with Crippen LogP contribution in [0.5, 0.6) is 0 Å². The van der Waals surface area contributed by atoms with E-state index in [0.717, 1.165) is 12.8 Å². The number of rotatable bonds is 1. The average Bonchev–Trinajstić information content (AvgIpc) is 3.01. The van der Waals surface area contributed by atoms with Gasteiger partial charge < -0.3 is 18.9 Å². The van der Waals surface area contributed by atoms with Crippen LogP contribution in [0.3, 0.4) is 0 Å². The maximum Gasteiger partial charge on any atom is 0.525 e.